The molecule has 0 unspecified atom stereocenters. The van der Waals surface area contributed by atoms with Crippen LogP contribution in [0.5, 0.6) is 0 Å². The number of hydrogen-bond donors (Lipinski definition) is 2. The topological polar surface area (TPSA) is 63.3 Å². The third-order valence-electron chi connectivity index (χ3n) is 4.10. The van der Waals surface area contributed by atoms with Gasteiger partial charge in [0, 0.05) is 11.3 Å². The van der Waals surface area contributed by atoms with Gasteiger partial charge in [0.05, 0.1) is 23.3 Å². The molecule has 6 heteroatoms. The van der Waals surface area contributed by atoms with E-state index >= 15 is 0 Å². The lowest BCUT2D eigenvalue weighted by molar-refractivity contribution is 0.00578. The zero-order valence-corrected chi connectivity index (χ0v) is 15.1. The number of H-pyrrole nitrogens is 1. The van der Waals surface area contributed by atoms with Crippen LogP contribution in [0.1, 0.15) is 71.4 Å². The Bertz CT molecular complexity index is 507. The van der Waals surface area contributed by atoms with E-state index in [2.05, 4.69) is 10.3 Å². The highest BCUT2D eigenvalue weighted by atomic mass is 16.7. The predicted octanol–water partition coefficient (Wildman–Crippen LogP) is 2.61. The number of amides is 1. The fourth-order valence-electron chi connectivity index (χ4n) is 2.22. The van der Waals surface area contributed by atoms with Crippen LogP contribution in [0.15, 0.2) is 6.07 Å². The third-order valence-corrected chi connectivity index (χ3v) is 4.10. The van der Waals surface area contributed by atoms with E-state index in [1.54, 1.807) is 0 Å². The second kappa shape index (κ2) is 6.88. The van der Waals surface area contributed by atoms with E-state index in [1.807, 2.05) is 61.5 Å². The lowest BCUT2D eigenvalue weighted by atomic mass is 9.85. The lowest BCUT2D eigenvalue weighted by Crippen LogP contribution is -2.41. The van der Waals surface area contributed by atoms with Crippen LogP contribution in [0.25, 0.3) is 0 Å². The second-order valence-corrected chi connectivity index (χ2v) is 5.89. The molecule has 22 heavy (non-hydrogen) atoms. The Morgan fingerprint density at radius 3 is 2.00 bits per heavy atom. The van der Waals surface area contributed by atoms with Gasteiger partial charge < -0.3 is 19.6 Å². The molecule has 1 aromatic rings. The first-order valence-electron chi connectivity index (χ1n) is 8.16. The summed E-state index contributed by atoms with van der Waals surface area (Å²) < 4.78 is 11.9. The molecule has 1 fully saturated rings. The molecule has 2 aliphatic rings. The highest BCUT2D eigenvalue weighted by Gasteiger charge is 2.52. The summed E-state index contributed by atoms with van der Waals surface area (Å²) in [5.41, 5.74) is 1.68. The molecule has 5 nitrogen and oxygen atoms in total. The van der Waals surface area contributed by atoms with Gasteiger partial charge in [0.1, 0.15) is 0 Å². The first kappa shape index (κ1) is 18.8. The molecule has 3 rings (SSSR count). The van der Waals surface area contributed by atoms with Crippen molar-refractivity contribution in [3.63, 3.8) is 0 Å². The molecule has 0 saturated carbocycles. The van der Waals surface area contributed by atoms with E-state index < -0.39 is 7.12 Å². The van der Waals surface area contributed by atoms with Gasteiger partial charge in [0.15, 0.2) is 0 Å². The summed E-state index contributed by atoms with van der Waals surface area (Å²) >= 11 is 0. The zero-order valence-electron chi connectivity index (χ0n) is 15.1. The highest BCUT2D eigenvalue weighted by Crippen LogP contribution is 2.36. The number of rotatable bonds is 1. The van der Waals surface area contributed by atoms with Gasteiger partial charge in [-0.1, -0.05) is 27.7 Å². The molecule has 1 saturated heterocycles. The Kier molecular flexibility index (Phi) is 5.87. The largest absolute Gasteiger partial charge is 0.512 e. The van der Waals surface area contributed by atoms with Gasteiger partial charge in [-0.15, -0.1) is 0 Å². The fraction of sp³-hybridized carbons (Fsp3) is 0.688. The average Bonchev–Trinajstić information content (AvgIpc) is 3.10. The number of carbonyl (C=O) groups is 1. The average molecular weight is 308 g/mol. The van der Waals surface area contributed by atoms with E-state index in [1.165, 1.54) is 0 Å². The number of nitrogens with one attached hydrogen (secondary N) is 2. The molecule has 0 spiro atoms. The van der Waals surface area contributed by atoms with Gasteiger partial charge in [-0.3, -0.25) is 4.79 Å². The van der Waals surface area contributed by atoms with Crippen molar-refractivity contribution in [1.82, 2.24) is 10.3 Å². The first-order valence-corrected chi connectivity index (χ1v) is 8.16. The molecule has 2 N–H and O–H groups in total. The van der Waals surface area contributed by atoms with Crippen LogP contribution < -0.4 is 10.9 Å². The minimum Gasteiger partial charge on any atom is -0.398 e. The van der Waals surface area contributed by atoms with Gasteiger partial charge in [-0.05, 0) is 33.8 Å². The number of aromatic nitrogens is 1. The van der Waals surface area contributed by atoms with Crippen molar-refractivity contribution in [3.8, 4) is 0 Å². The lowest BCUT2D eigenvalue weighted by Gasteiger charge is -2.32. The number of hydrogen-bond acceptors (Lipinski definition) is 3. The Hall–Kier alpha value is -1.27. The van der Waals surface area contributed by atoms with Crippen molar-refractivity contribution in [2.24, 2.45) is 0 Å². The molecule has 0 atom stereocenters. The molecule has 1 amide bonds. The molecular formula is C16H29BN2O3. The van der Waals surface area contributed by atoms with Crippen LogP contribution in [0.3, 0.4) is 0 Å². The van der Waals surface area contributed by atoms with Gasteiger partial charge in [0.2, 0.25) is 0 Å². The van der Waals surface area contributed by atoms with Gasteiger partial charge in [-0.25, -0.2) is 0 Å². The van der Waals surface area contributed by atoms with Gasteiger partial charge in [-0.2, -0.15) is 0 Å². The maximum absolute atomic E-state index is 11.5. The summed E-state index contributed by atoms with van der Waals surface area (Å²) in [7, 11) is -0.437. The normalized spacial score (nSPS) is 20.4. The summed E-state index contributed by atoms with van der Waals surface area (Å²) in [5.74, 6) is -0.0379. The first-order chi connectivity index (χ1) is 10.3. The van der Waals surface area contributed by atoms with Crippen LogP contribution in [-0.4, -0.2) is 29.2 Å². The maximum Gasteiger partial charge on any atom is 0.512 e. The quantitative estimate of drug-likeness (QED) is 0.784. The summed E-state index contributed by atoms with van der Waals surface area (Å²) in [6, 6.07) is 1.82. The molecule has 124 valence electrons. The minimum atomic E-state index is -0.437. The molecule has 2 aliphatic heterocycles. The van der Waals surface area contributed by atoms with Crippen molar-refractivity contribution < 1.29 is 14.1 Å². The molecule has 0 bridgehead atoms. The Morgan fingerprint density at radius 1 is 1.05 bits per heavy atom. The molecule has 0 aromatic carbocycles. The zero-order chi connectivity index (χ0) is 17.1. The van der Waals surface area contributed by atoms with E-state index in [0.29, 0.717) is 12.1 Å². The van der Waals surface area contributed by atoms with Crippen molar-refractivity contribution in [3.05, 3.63) is 17.3 Å². The van der Waals surface area contributed by atoms with Gasteiger partial charge >= 0.3 is 7.12 Å². The summed E-state index contributed by atoms with van der Waals surface area (Å²) in [4.78, 5) is 14.7. The summed E-state index contributed by atoms with van der Waals surface area (Å²) in [6.07, 6.45) is 0. The number of carbonyl (C=O) groups excluding carboxylic acids is 1. The van der Waals surface area contributed by atoms with Crippen LogP contribution >= 0.6 is 0 Å². The van der Waals surface area contributed by atoms with Crippen molar-refractivity contribution in [1.29, 1.82) is 0 Å². The van der Waals surface area contributed by atoms with E-state index in [9.17, 15) is 4.79 Å². The van der Waals surface area contributed by atoms with E-state index in [0.717, 1.165) is 11.3 Å². The Morgan fingerprint density at radius 2 is 1.55 bits per heavy atom. The van der Waals surface area contributed by atoms with Crippen LogP contribution in [-0.2, 0) is 15.9 Å². The fourth-order valence-corrected chi connectivity index (χ4v) is 2.22. The SMILES string of the molecule is CC.CC.CC1(C)OB(c2cc3c([nH]2)CNC3=O)OC1(C)C. The molecule has 0 radical (unpaired) electrons. The van der Waals surface area contributed by atoms with E-state index in [-0.39, 0.29) is 17.1 Å². The predicted molar refractivity (Wildman–Crippen MR) is 90.4 cm³/mol. The van der Waals surface area contributed by atoms with Crippen molar-refractivity contribution in [2.45, 2.75) is 73.1 Å². The summed E-state index contributed by atoms with van der Waals surface area (Å²) in [5, 5.41) is 2.76. The van der Waals surface area contributed by atoms with E-state index in [4.69, 9.17) is 9.31 Å². The maximum atomic E-state index is 11.5. The van der Waals surface area contributed by atoms with Crippen molar-refractivity contribution >= 4 is 18.6 Å². The van der Waals surface area contributed by atoms with Crippen LogP contribution in [0.4, 0.5) is 0 Å². The summed E-state index contributed by atoms with van der Waals surface area (Å²) in [6.45, 7) is 16.6. The molecule has 3 heterocycles. The van der Waals surface area contributed by atoms with Crippen molar-refractivity contribution in [2.75, 3.05) is 0 Å². The Balaban J connectivity index is 0.000000561. The standard InChI is InChI=1S/C12H17BN2O3.2C2H6/c1-11(2)12(3,4)18-13(17-11)9-5-7-8(15-9)6-14-10(7)16;2*1-2/h5,15H,6H2,1-4H3,(H,14,16);2*1-2H3. The second-order valence-electron chi connectivity index (χ2n) is 5.89. The smallest absolute Gasteiger partial charge is 0.398 e. The third kappa shape index (κ3) is 3.23. The number of fused-ring (bicyclic) bond motifs is 1. The highest BCUT2D eigenvalue weighted by molar-refractivity contribution is 6.61. The van der Waals surface area contributed by atoms with Gasteiger partial charge in [0.25, 0.3) is 5.91 Å². The number of aromatic amines is 1. The monoisotopic (exact) mass is 308 g/mol. The van der Waals surface area contributed by atoms with Crippen LogP contribution in [0, 0.1) is 0 Å². The molecular weight excluding hydrogens is 279 g/mol. The Labute approximate surface area is 134 Å². The minimum absolute atomic E-state index is 0.0379. The molecule has 1 aromatic heterocycles. The van der Waals surface area contributed by atoms with Crippen LogP contribution in [0.2, 0.25) is 0 Å². The molecule has 0 aliphatic carbocycles.